The van der Waals surface area contributed by atoms with E-state index in [0.29, 0.717) is 12.8 Å². The van der Waals surface area contributed by atoms with Crippen LogP contribution in [-0.4, -0.2) is 15.3 Å². The molecule has 4 nitrogen and oxygen atoms in total. The zero-order chi connectivity index (χ0) is 16.4. The lowest BCUT2D eigenvalue weighted by atomic mass is 10.1. The number of anilines is 1. The van der Waals surface area contributed by atoms with E-state index in [-0.39, 0.29) is 5.91 Å². The van der Waals surface area contributed by atoms with Crippen LogP contribution >= 0.6 is 15.9 Å². The lowest BCUT2D eigenvalue weighted by Gasteiger charge is -2.09. The standard InChI is InChI=1S/C18H18BrN3O/c1-12-11-14(19)6-7-15(12)21-18(23)9-8-16-13(2)20-17-5-3-4-10-22(16)17/h3-7,10-11H,8-9H2,1-2H3,(H,21,23). The van der Waals surface area contributed by atoms with Crippen LogP contribution in [0.4, 0.5) is 5.69 Å². The van der Waals surface area contributed by atoms with Crippen molar-refractivity contribution in [1.29, 1.82) is 0 Å². The highest BCUT2D eigenvalue weighted by atomic mass is 79.9. The normalized spacial score (nSPS) is 10.9. The van der Waals surface area contributed by atoms with Crippen molar-refractivity contribution in [2.45, 2.75) is 26.7 Å². The van der Waals surface area contributed by atoms with E-state index in [1.807, 2.05) is 60.8 Å². The Morgan fingerprint density at radius 1 is 1.26 bits per heavy atom. The first-order valence-corrected chi connectivity index (χ1v) is 8.32. The third-order valence-corrected chi connectivity index (χ3v) is 4.37. The summed E-state index contributed by atoms with van der Waals surface area (Å²) in [5, 5.41) is 2.98. The van der Waals surface area contributed by atoms with Gasteiger partial charge < -0.3 is 9.72 Å². The smallest absolute Gasteiger partial charge is 0.224 e. The van der Waals surface area contributed by atoms with Crippen LogP contribution in [-0.2, 0) is 11.2 Å². The molecule has 1 aromatic carbocycles. The fourth-order valence-electron chi connectivity index (χ4n) is 2.68. The van der Waals surface area contributed by atoms with Gasteiger partial charge in [0.05, 0.1) is 5.69 Å². The van der Waals surface area contributed by atoms with Crippen molar-refractivity contribution in [1.82, 2.24) is 9.38 Å². The minimum Gasteiger partial charge on any atom is -0.326 e. The average molecular weight is 372 g/mol. The number of rotatable bonds is 4. The fourth-order valence-corrected chi connectivity index (χ4v) is 3.15. The predicted molar refractivity (Wildman–Crippen MR) is 95.8 cm³/mol. The van der Waals surface area contributed by atoms with E-state index < -0.39 is 0 Å². The molecule has 0 radical (unpaired) electrons. The molecule has 5 heteroatoms. The molecule has 0 aliphatic carbocycles. The largest absolute Gasteiger partial charge is 0.326 e. The Morgan fingerprint density at radius 2 is 2.09 bits per heavy atom. The van der Waals surface area contributed by atoms with Gasteiger partial charge in [-0.15, -0.1) is 0 Å². The van der Waals surface area contributed by atoms with Gasteiger partial charge >= 0.3 is 0 Å². The topological polar surface area (TPSA) is 46.4 Å². The van der Waals surface area contributed by atoms with Gasteiger partial charge in [-0.2, -0.15) is 0 Å². The van der Waals surface area contributed by atoms with Gasteiger partial charge in [0.2, 0.25) is 5.91 Å². The van der Waals surface area contributed by atoms with Crippen molar-refractivity contribution in [3.63, 3.8) is 0 Å². The summed E-state index contributed by atoms with van der Waals surface area (Å²) < 4.78 is 3.06. The first-order chi connectivity index (χ1) is 11.0. The van der Waals surface area contributed by atoms with Gasteiger partial charge in [0.15, 0.2) is 0 Å². The van der Waals surface area contributed by atoms with Crippen molar-refractivity contribution >= 4 is 33.2 Å². The van der Waals surface area contributed by atoms with E-state index >= 15 is 0 Å². The summed E-state index contributed by atoms with van der Waals surface area (Å²) in [6, 6.07) is 11.7. The van der Waals surface area contributed by atoms with Crippen molar-refractivity contribution in [2.75, 3.05) is 5.32 Å². The van der Waals surface area contributed by atoms with Crippen LogP contribution in [0.15, 0.2) is 47.1 Å². The zero-order valence-electron chi connectivity index (χ0n) is 13.1. The third-order valence-electron chi connectivity index (χ3n) is 3.88. The second-order valence-electron chi connectivity index (χ2n) is 5.58. The molecular formula is C18H18BrN3O. The summed E-state index contributed by atoms with van der Waals surface area (Å²) in [5.41, 5.74) is 4.88. The number of hydrogen-bond acceptors (Lipinski definition) is 2. The lowest BCUT2D eigenvalue weighted by molar-refractivity contribution is -0.116. The number of nitrogens with one attached hydrogen (secondary N) is 1. The molecule has 0 spiro atoms. The molecule has 0 saturated carbocycles. The molecule has 3 aromatic rings. The lowest BCUT2D eigenvalue weighted by Crippen LogP contribution is -2.14. The molecule has 118 valence electrons. The Kier molecular flexibility index (Phi) is 4.48. The monoisotopic (exact) mass is 371 g/mol. The van der Waals surface area contributed by atoms with Gasteiger partial charge in [-0.05, 0) is 56.2 Å². The molecule has 0 fully saturated rings. The minimum absolute atomic E-state index is 0.0145. The SMILES string of the molecule is Cc1cc(Br)ccc1NC(=O)CCc1c(C)nc2ccccn12. The number of pyridine rings is 1. The first kappa shape index (κ1) is 15.7. The number of carbonyl (C=O) groups is 1. The summed E-state index contributed by atoms with van der Waals surface area (Å²) in [5.74, 6) is 0.0145. The minimum atomic E-state index is 0.0145. The molecule has 0 saturated heterocycles. The van der Waals surface area contributed by atoms with Gasteiger partial charge in [-0.25, -0.2) is 4.98 Å². The predicted octanol–water partition coefficient (Wildman–Crippen LogP) is 4.28. The maximum atomic E-state index is 12.2. The van der Waals surface area contributed by atoms with Crippen LogP contribution in [0.2, 0.25) is 0 Å². The van der Waals surface area contributed by atoms with Gasteiger partial charge in [-0.1, -0.05) is 22.0 Å². The summed E-state index contributed by atoms with van der Waals surface area (Å²) in [7, 11) is 0. The molecule has 0 aliphatic heterocycles. The molecule has 0 bridgehead atoms. The van der Waals surface area contributed by atoms with Gasteiger partial charge in [0.1, 0.15) is 5.65 Å². The van der Waals surface area contributed by atoms with Crippen LogP contribution in [0.25, 0.3) is 5.65 Å². The third kappa shape index (κ3) is 3.45. The Hall–Kier alpha value is -2.14. The summed E-state index contributed by atoms with van der Waals surface area (Å²) in [6.07, 6.45) is 3.08. The second-order valence-corrected chi connectivity index (χ2v) is 6.50. The number of hydrogen-bond donors (Lipinski definition) is 1. The van der Waals surface area contributed by atoms with Gasteiger partial charge in [0.25, 0.3) is 0 Å². The van der Waals surface area contributed by atoms with E-state index in [1.54, 1.807) is 0 Å². The zero-order valence-corrected chi connectivity index (χ0v) is 14.7. The van der Waals surface area contributed by atoms with Gasteiger partial charge in [0, 0.05) is 28.5 Å². The maximum Gasteiger partial charge on any atom is 0.224 e. The van der Waals surface area contributed by atoms with Crippen LogP contribution in [0.1, 0.15) is 23.4 Å². The molecule has 0 unspecified atom stereocenters. The molecular weight excluding hydrogens is 354 g/mol. The highest BCUT2D eigenvalue weighted by molar-refractivity contribution is 9.10. The van der Waals surface area contributed by atoms with Crippen molar-refractivity contribution < 1.29 is 4.79 Å². The van der Waals surface area contributed by atoms with Gasteiger partial charge in [-0.3, -0.25) is 4.79 Å². The Morgan fingerprint density at radius 3 is 2.87 bits per heavy atom. The van der Waals surface area contributed by atoms with E-state index in [0.717, 1.165) is 32.8 Å². The number of nitrogens with zero attached hydrogens (tertiary/aromatic N) is 2. The highest BCUT2D eigenvalue weighted by Crippen LogP contribution is 2.20. The second kappa shape index (κ2) is 6.54. The van der Waals surface area contributed by atoms with Crippen LogP contribution in [0.5, 0.6) is 0 Å². The van der Waals surface area contributed by atoms with E-state index in [9.17, 15) is 4.79 Å². The highest BCUT2D eigenvalue weighted by Gasteiger charge is 2.11. The number of halogens is 1. The molecule has 2 heterocycles. The molecule has 1 N–H and O–H groups in total. The molecule has 23 heavy (non-hydrogen) atoms. The number of aromatic nitrogens is 2. The van der Waals surface area contributed by atoms with Crippen LogP contribution in [0.3, 0.4) is 0 Å². The van der Waals surface area contributed by atoms with Crippen LogP contribution < -0.4 is 5.32 Å². The number of imidazole rings is 1. The molecule has 0 aliphatic rings. The summed E-state index contributed by atoms with van der Waals surface area (Å²) in [4.78, 5) is 16.8. The van der Waals surface area contributed by atoms with Crippen LogP contribution in [0, 0.1) is 13.8 Å². The van der Waals surface area contributed by atoms with E-state index in [2.05, 4.69) is 26.2 Å². The van der Waals surface area contributed by atoms with E-state index in [4.69, 9.17) is 0 Å². The Bertz CT molecular complexity index is 870. The number of aryl methyl sites for hydroxylation is 3. The van der Waals surface area contributed by atoms with Crippen molar-refractivity contribution in [3.05, 3.63) is 64.0 Å². The van der Waals surface area contributed by atoms with Crippen molar-refractivity contribution in [3.8, 4) is 0 Å². The molecule has 1 amide bonds. The summed E-state index contributed by atoms with van der Waals surface area (Å²) >= 11 is 3.43. The maximum absolute atomic E-state index is 12.2. The number of carbonyl (C=O) groups excluding carboxylic acids is 1. The summed E-state index contributed by atoms with van der Waals surface area (Å²) in [6.45, 7) is 3.97. The fraction of sp³-hybridized carbons (Fsp3) is 0.222. The average Bonchev–Trinajstić information content (AvgIpc) is 2.83. The number of benzene rings is 1. The Labute approximate surface area is 143 Å². The molecule has 3 rings (SSSR count). The first-order valence-electron chi connectivity index (χ1n) is 7.53. The number of amides is 1. The quantitative estimate of drug-likeness (QED) is 0.743. The van der Waals surface area contributed by atoms with Crippen molar-refractivity contribution in [2.24, 2.45) is 0 Å². The molecule has 2 aromatic heterocycles. The Balaban J connectivity index is 1.70. The molecule has 0 atom stereocenters. The number of fused-ring (bicyclic) bond motifs is 1. The van der Waals surface area contributed by atoms with E-state index in [1.165, 1.54) is 0 Å².